The van der Waals surface area contributed by atoms with Crippen molar-refractivity contribution in [3.8, 4) is 5.75 Å². The van der Waals surface area contributed by atoms with E-state index in [4.69, 9.17) is 4.74 Å². The van der Waals surface area contributed by atoms with Crippen LogP contribution in [0.15, 0.2) is 42.6 Å². The van der Waals surface area contributed by atoms with Crippen LogP contribution in [0.25, 0.3) is 10.9 Å². The Balaban J connectivity index is 1.41. The quantitative estimate of drug-likeness (QED) is 0.704. The number of aryl methyl sites for hydroxylation is 2. The number of rotatable bonds is 5. The lowest BCUT2D eigenvalue weighted by atomic mass is 9.92. The first-order chi connectivity index (χ1) is 12.7. The monoisotopic (exact) mass is 349 g/mol. The van der Waals surface area contributed by atoms with Gasteiger partial charge in [-0.05, 0) is 56.7 Å². The van der Waals surface area contributed by atoms with Crippen molar-refractivity contribution in [3.63, 3.8) is 0 Å². The predicted molar refractivity (Wildman–Crippen MR) is 106 cm³/mol. The van der Waals surface area contributed by atoms with E-state index in [1.165, 1.54) is 29.5 Å². The van der Waals surface area contributed by atoms with Crippen LogP contribution >= 0.6 is 0 Å². The third kappa shape index (κ3) is 3.61. The molecular weight excluding hydrogens is 322 g/mol. The van der Waals surface area contributed by atoms with Crippen molar-refractivity contribution >= 4 is 10.9 Å². The molecule has 1 aromatic heterocycles. The molecule has 2 N–H and O–H groups in total. The summed E-state index contributed by atoms with van der Waals surface area (Å²) in [4.78, 5) is 0. The van der Waals surface area contributed by atoms with Gasteiger partial charge in [-0.1, -0.05) is 30.3 Å². The van der Waals surface area contributed by atoms with Gasteiger partial charge in [0.05, 0.1) is 11.7 Å². The minimum atomic E-state index is 0.277. The Labute approximate surface area is 155 Å². The second-order valence-electron chi connectivity index (χ2n) is 7.45. The highest BCUT2D eigenvalue weighted by atomic mass is 16.5. The SMILES string of the molecule is Cc1c(OC2CCCC(NCc3ccccc3)C2)cc(C)c2[nH]ncc12. The number of nitrogens with zero attached hydrogens (tertiary/aromatic N) is 1. The van der Waals surface area contributed by atoms with Crippen LogP contribution in [-0.4, -0.2) is 22.3 Å². The van der Waals surface area contributed by atoms with Gasteiger partial charge in [-0.15, -0.1) is 0 Å². The highest BCUT2D eigenvalue weighted by Crippen LogP contribution is 2.32. The van der Waals surface area contributed by atoms with Crippen molar-refractivity contribution < 1.29 is 4.74 Å². The first-order valence-electron chi connectivity index (χ1n) is 9.58. The molecule has 4 rings (SSSR count). The van der Waals surface area contributed by atoms with E-state index < -0.39 is 0 Å². The lowest BCUT2D eigenvalue weighted by Crippen LogP contribution is -2.37. The lowest BCUT2D eigenvalue weighted by Gasteiger charge is -2.31. The van der Waals surface area contributed by atoms with Gasteiger partial charge < -0.3 is 10.1 Å². The van der Waals surface area contributed by atoms with Gasteiger partial charge in [0, 0.05) is 23.5 Å². The van der Waals surface area contributed by atoms with E-state index in [0.717, 1.165) is 36.0 Å². The van der Waals surface area contributed by atoms with Crippen molar-refractivity contribution in [1.82, 2.24) is 15.5 Å². The molecule has 0 radical (unpaired) electrons. The third-order valence-corrected chi connectivity index (χ3v) is 5.51. The van der Waals surface area contributed by atoms with Crippen LogP contribution in [0.4, 0.5) is 0 Å². The first-order valence-corrected chi connectivity index (χ1v) is 9.58. The lowest BCUT2D eigenvalue weighted by molar-refractivity contribution is 0.133. The van der Waals surface area contributed by atoms with Crippen LogP contribution in [0.1, 0.15) is 42.4 Å². The van der Waals surface area contributed by atoms with E-state index in [1.807, 2.05) is 6.20 Å². The van der Waals surface area contributed by atoms with Crippen molar-refractivity contribution in [2.24, 2.45) is 0 Å². The molecule has 2 atom stereocenters. The summed E-state index contributed by atoms with van der Waals surface area (Å²) in [7, 11) is 0. The summed E-state index contributed by atoms with van der Waals surface area (Å²) in [6, 6.07) is 13.3. The molecule has 0 bridgehead atoms. The number of fused-ring (bicyclic) bond motifs is 1. The number of H-pyrrole nitrogens is 1. The molecule has 1 heterocycles. The smallest absolute Gasteiger partial charge is 0.123 e. The van der Waals surface area contributed by atoms with Gasteiger partial charge in [0.2, 0.25) is 0 Å². The minimum absolute atomic E-state index is 0.277. The normalized spacial score (nSPS) is 20.4. The summed E-state index contributed by atoms with van der Waals surface area (Å²) in [6.07, 6.45) is 6.81. The number of benzene rings is 2. The van der Waals surface area contributed by atoms with Gasteiger partial charge in [0.15, 0.2) is 0 Å². The molecule has 2 unspecified atom stereocenters. The van der Waals surface area contributed by atoms with Gasteiger partial charge in [0.1, 0.15) is 11.9 Å². The Hall–Kier alpha value is -2.33. The average Bonchev–Trinajstić information content (AvgIpc) is 3.16. The Kier molecular flexibility index (Phi) is 4.93. The summed E-state index contributed by atoms with van der Waals surface area (Å²) in [6.45, 7) is 5.16. The maximum Gasteiger partial charge on any atom is 0.123 e. The fourth-order valence-electron chi connectivity index (χ4n) is 3.98. The number of aromatic amines is 1. The van der Waals surface area contributed by atoms with E-state index in [9.17, 15) is 0 Å². The van der Waals surface area contributed by atoms with Crippen molar-refractivity contribution in [2.75, 3.05) is 0 Å². The molecule has 0 saturated heterocycles. The summed E-state index contributed by atoms with van der Waals surface area (Å²) in [5.74, 6) is 1.00. The minimum Gasteiger partial charge on any atom is -0.490 e. The van der Waals surface area contributed by atoms with E-state index in [-0.39, 0.29) is 6.10 Å². The van der Waals surface area contributed by atoms with Crippen LogP contribution in [0.5, 0.6) is 5.75 Å². The largest absolute Gasteiger partial charge is 0.490 e. The maximum absolute atomic E-state index is 6.45. The highest BCUT2D eigenvalue weighted by molar-refractivity contribution is 5.86. The zero-order valence-electron chi connectivity index (χ0n) is 15.6. The Morgan fingerprint density at radius 3 is 2.88 bits per heavy atom. The number of aromatic nitrogens is 2. The van der Waals surface area contributed by atoms with E-state index in [0.29, 0.717) is 6.04 Å². The zero-order valence-corrected chi connectivity index (χ0v) is 15.6. The maximum atomic E-state index is 6.45. The summed E-state index contributed by atoms with van der Waals surface area (Å²) in [5.41, 5.74) is 4.82. The van der Waals surface area contributed by atoms with Crippen LogP contribution in [0, 0.1) is 13.8 Å². The van der Waals surface area contributed by atoms with Gasteiger partial charge in [-0.2, -0.15) is 5.10 Å². The summed E-state index contributed by atoms with van der Waals surface area (Å²) in [5, 5.41) is 12.1. The topological polar surface area (TPSA) is 49.9 Å². The van der Waals surface area contributed by atoms with Crippen LogP contribution in [0.3, 0.4) is 0 Å². The van der Waals surface area contributed by atoms with E-state index in [1.54, 1.807) is 0 Å². The molecule has 4 nitrogen and oxygen atoms in total. The van der Waals surface area contributed by atoms with Gasteiger partial charge in [-0.25, -0.2) is 0 Å². The summed E-state index contributed by atoms with van der Waals surface area (Å²) < 4.78 is 6.45. The average molecular weight is 349 g/mol. The standard InChI is InChI=1S/C22H27N3O/c1-15-11-21(16(2)20-14-24-25-22(15)20)26-19-10-6-9-18(12-19)23-13-17-7-4-3-5-8-17/h3-5,7-8,11,14,18-19,23H,6,9-10,12-13H2,1-2H3,(H,24,25). The Bertz CT molecular complexity index is 872. The van der Waals surface area contributed by atoms with Crippen molar-refractivity contribution in [2.45, 2.75) is 58.2 Å². The molecule has 1 aliphatic rings. The van der Waals surface area contributed by atoms with Crippen LogP contribution in [0.2, 0.25) is 0 Å². The third-order valence-electron chi connectivity index (χ3n) is 5.51. The Morgan fingerprint density at radius 2 is 2.04 bits per heavy atom. The van der Waals surface area contributed by atoms with Crippen LogP contribution < -0.4 is 10.1 Å². The second-order valence-corrected chi connectivity index (χ2v) is 7.45. The van der Waals surface area contributed by atoms with Crippen LogP contribution in [-0.2, 0) is 6.54 Å². The molecule has 1 aliphatic carbocycles. The number of ether oxygens (including phenoxy) is 1. The molecule has 1 saturated carbocycles. The van der Waals surface area contributed by atoms with Crippen molar-refractivity contribution in [1.29, 1.82) is 0 Å². The van der Waals surface area contributed by atoms with Crippen molar-refractivity contribution in [3.05, 3.63) is 59.3 Å². The molecule has 1 fully saturated rings. The molecule has 0 amide bonds. The molecule has 26 heavy (non-hydrogen) atoms. The highest BCUT2D eigenvalue weighted by Gasteiger charge is 2.24. The molecule has 0 aliphatic heterocycles. The first kappa shape index (κ1) is 17.1. The number of nitrogens with one attached hydrogen (secondary N) is 2. The number of hydrogen-bond donors (Lipinski definition) is 2. The molecule has 0 spiro atoms. The molecule has 2 aromatic carbocycles. The molecule has 4 heteroatoms. The fourth-order valence-corrected chi connectivity index (χ4v) is 3.98. The van der Waals surface area contributed by atoms with Gasteiger partial charge in [-0.3, -0.25) is 5.10 Å². The Morgan fingerprint density at radius 1 is 1.19 bits per heavy atom. The van der Waals surface area contributed by atoms with E-state index >= 15 is 0 Å². The molecule has 136 valence electrons. The van der Waals surface area contributed by atoms with Gasteiger partial charge >= 0.3 is 0 Å². The number of hydrogen-bond acceptors (Lipinski definition) is 3. The molecule has 3 aromatic rings. The van der Waals surface area contributed by atoms with Gasteiger partial charge in [0.25, 0.3) is 0 Å². The summed E-state index contributed by atoms with van der Waals surface area (Å²) >= 11 is 0. The fraction of sp³-hybridized carbons (Fsp3) is 0.409. The zero-order chi connectivity index (χ0) is 17.9. The van der Waals surface area contributed by atoms with E-state index in [2.05, 4.69) is 65.8 Å². The molecular formula is C22H27N3O. The predicted octanol–water partition coefficient (Wildman–Crippen LogP) is 4.66. The second kappa shape index (κ2) is 7.50.